The van der Waals surface area contributed by atoms with Crippen LogP contribution in [0.1, 0.15) is 87.7 Å². The van der Waals surface area contributed by atoms with Crippen LogP contribution in [0.3, 0.4) is 0 Å². The van der Waals surface area contributed by atoms with E-state index in [-0.39, 0.29) is 12.1 Å². The smallest absolute Gasteiger partial charge is 0.0946 e. The van der Waals surface area contributed by atoms with Gasteiger partial charge in [-0.3, -0.25) is 0 Å². The number of allylic oxidation sites excluding steroid dienone is 4. The average molecular weight is 564 g/mol. The van der Waals surface area contributed by atoms with Gasteiger partial charge >= 0.3 is 0 Å². The van der Waals surface area contributed by atoms with Gasteiger partial charge in [-0.25, -0.2) is 4.98 Å². The number of likely N-dealkylation sites (tertiary alicyclic amines) is 1. The van der Waals surface area contributed by atoms with Crippen molar-refractivity contribution < 1.29 is 0 Å². The first-order valence-corrected chi connectivity index (χ1v) is 15.8. The van der Waals surface area contributed by atoms with Gasteiger partial charge in [0.15, 0.2) is 0 Å². The molecular formula is C37H49N5. The van der Waals surface area contributed by atoms with E-state index in [1.54, 1.807) is 5.57 Å². The van der Waals surface area contributed by atoms with Crippen LogP contribution in [-0.4, -0.2) is 33.6 Å². The molecule has 2 atom stereocenters. The fourth-order valence-electron chi connectivity index (χ4n) is 6.65. The number of piperidine rings is 1. The summed E-state index contributed by atoms with van der Waals surface area (Å²) in [7, 11) is 2.08. The molecule has 1 saturated heterocycles. The summed E-state index contributed by atoms with van der Waals surface area (Å²) < 4.78 is 2.13. The van der Waals surface area contributed by atoms with E-state index in [1.165, 1.54) is 39.1 Å². The van der Waals surface area contributed by atoms with Gasteiger partial charge in [-0.1, -0.05) is 81.8 Å². The van der Waals surface area contributed by atoms with Gasteiger partial charge in [-0.2, -0.15) is 0 Å². The lowest BCUT2D eigenvalue weighted by Crippen LogP contribution is -2.34. The number of hydrogen-bond acceptors (Lipinski definition) is 4. The fraction of sp³-hybridized carbons (Fsp3) is 0.432. The van der Waals surface area contributed by atoms with Gasteiger partial charge in [0.1, 0.15) is 0 Å². The minimum Gasteiger partial charge on any atom is -0.380 e. The molecule has 3 heterocycles. The number of rotatable bonds is 10. The number of unbranched alkanes of at least 4 members (excludes halogenated alkanes) is 1. The number of aromatic nitrogens is 2. The molecule has 5 rings (SSSR count). The fourth-order valence-corrected chi connectivity index (χ4v) is 6.65. The first kappa shape index (κ1) is 29.8. The van der Waals surface area contributed by atoms with Gasteiger partial charge in [0.05, 0.1) is 30.3 Å². The largest absolute Gasteiger partial charge is 0.380 e. The maximum absolute atomic E-state index is 4.52. The quantitative estimate of drug-likeness (QED) is 0.308. The van der Waals surface area contributed by atoms with E-state index in [0.717, 1.165) is 63.0 Å². The molecule has 2 aliphatic heterocycles. The second-order valence-corrected chi connectivity index (χ2v) is 12.7. The molecule has 2 N–H and O–H groups in total. The van der Waals surface area contributed by atoms with Gasteiger partial charge in [-0.15, -0.1) is 0 Å². The van der Waals surface area contributed by atoms with Crippen molar-refractivity contribution >= 4 is 11.1 Å². The van der Waals surface area contributed by atoms with Crippen molar-refractivity contribution in [1.29, 1.82) is 0 Å². The molecule has 222 valence electrons. The topological polar surface area (TPSA) is 45.1 Å². The number of aryl methyl sites for hydroxylation is 2. The summed E-state index contributed by atoms with van der Waals surface area (Å²) in [6.45, 7) is 19.9. The van der Waals surface area contributed by atoms with Crippen LogP contribution < -0.4 is 10.6 Å². The number of nitrogens with zero attached hydrogens (tertiary/aromatic N) is 3. The Kier molecular flexibility index (Phi) is 9.25. The van der Waals surface area contributed by atoms with Crippen LogP contribution >= 0.6 is 0 Å². The predicted octanol–water partition coefficient (Wildman–Crippen LogP) is 7.98. The van der Waals surface area contributed by atoms with Crippen LogP contribution in [0.2, 0.25) is 0 Å². The molecule has 5 nitrogen and oxygen atoms in total. The lowest BCUT2D eigenvalue weighted by molar-refractivity contribution is 0.303. The number of dihydropyridines is 1. The van der Waals surface area contributed by atoms with E-state index in [9.17, 15) is 0 Å². The van der Waals surface area contributed by atoms with Crippen molar-refractivity contribution in [1.82, 2.24) is 25.1 Å². The van der Waals surface area contributed by atoms with Crippen molar-refractivity contribution in [2.24, 2.45) is 13.0 Å². The highest BCUT2D eigenvalue weighted by Crippen LogP contribution is 2.44. The highest BCUT2D eigenvalue weighted by Gasteiger charge is 2.33. The van der Waals surface area contributed by atoms with Crippen molar-refractivity contribution in [3.05, 3.63) is 113 Å². The lowest BCUT2D eigenvalue weighted by atomic mass is 9.83. The number of hydrogen-bond donors (Lipinski definition) is 2. The Hall–Kier alpha value is -3.73. The van der Waals surface area contributed by atoms with Crippen LogP contribution in [0.15, 0.2) is 90.8 Å². The Morgan fingerprint density at radius 1 is 1.17 bits per heavy atom. The number of nitrogens with one attached hydrogen (secondary N) is 2. The van der Waals surface area contributed by atoms with Gasteiger partial charge in [0, 0.05) is 31.5 Å². The minimum atomic E-state index is -0.0691. The van der Waals surface area contributed by atoms with Crippen molar-refractivity contribution in [2.45, 2.75) is 78.3 Å². The van der Waals surface area contributed by atoms with Gasteiger partial charge < -0.3 is 20.1 Å². The van der Waals surface area contributed by atoms with Crippen LogP contribution in [0.4, 0.5) is 0 Å². The maximum atomic E-state index is 4.52. The zero-order valence-corrected chi connectivity index (χ0v) is 26.3. The molecular weight excluding hydrogens is 514 g/mol. The summed E-state index contributed by atoms with van der Waals surface area (Å²) in [5.74, 6) is 0.628. The van der Waals surface area contributed by atoms with E-state index in [0.29, 0.717) is 5.92 Å². The van der Waals surface area contributed by atoms with Gasteiger partial charge in [-0.05, 0) is 85.1 Å². The molecule has 3 aliphatic rings. The molecule has 1 fully saturated rings. The van der Waals surface area contributed by atoms with Crippen molar-refractivity contribution in [2.75, 3.05) is 13.1 Å². The second kappa shape index (κ2) is 13.1. The van der Waals surface area contributed by atoms with E-state index in [1.807, 2.05) is 12.5 Å². The van der Waals surface area contributed by atoms with Crippen molar-refractivity contribution in [3.63, 3.8) is 0 Å². The molecule has 0 spiro atoms. The molecule has 0 saturated carbocycles. The summed E-state index contributed by atoms with van der Waals surface area (Å²) in [5, 5.41) is 7.62. The van der Waals surface area contributed by atoms with Crippen LogP contribution in [0, 0.1) is 12.8 Å². The number of fused-ring (bicyclic) bond motifs is 2. The summed E-state index contributed by atoms with van der Waals surface area (Å²) in [6, 6.07) is 7.06. The summed E-state index contributed by atoms with van der Waals surface area (Å²) in [5.41, 5.74) is 12.9. The Labute approximate surface area is 253 Å². The molecule has 1 aromatic carbocycles. The van der Waals surface area contributed by atoms with Gasteiger partial charge in [0.2, 0.25) is 0 Å². The van der Waals surface area contributed by atoms with Crippen LogP contribution in [-0.2, 0) is 7.05 Å². The molecule has 0 radical (unpaired) electrons. The SMILES string of the molecule is C=C(CCCC)NC(C1=CC2=CC=CNC2C(=C2CCN(C(=C)CC(C)C)CC2)c2ccc(C)cc21)c1cncn1C. The Balaban J connectivity index is 1.62. The van der Waals surface area contributed by atoms with E-state index >= 15 is 0 Å². The lowest BCUT2D eigenvalue weighted by Gasteiger charge is -2.35. The van der Waals surface area contributed by atoms with E-state index in [2.05, 4.69) is 116 Å². The van der Waals surface area contributed by atoms with E-state index in [4.69, 9.17) is 0 Å². The van der Waals surface area contributed by atoms with Crippen LogP contribution in [0.5, 0.6) is 0 Å². The second-order valence-electron chi connectivity index (χ2n) is 12.7. The Bertz CT molecular complexity index is 1440. The first-order chi connectivity index (χ1) is 20.3. The molecule has 5 heteroatoms. The highest BCUT2D eigenvalue weighted by atomic mass is 15.1. The summed E-state index contributed by atoms with van der Waals surface area (Å²) in [4.78, 5) is 7.03. The first-order valence-electron chi connectivity index (χ1n) is 15.8. The molecule has 0 bridgehead atoms. The minimum absolute atomic E-state index is 0.0691. The average Bonchev–Trinajstić information content (AvgIpc) is 3.34. The summed E-state index contributed by atoms with van der Waals surface area (Å²) in [6.07, 6.45) is 19.2. The van der Waals surface area contributed by atoms with E-state index < -0.39 is 0 Å². The number of imidazole rings is 1. The highest BCUT2D eigenvalue weighted by molar-refractivity contribution is 5.91. The molecule has 0 amide bonds. The number of benzene rings is 1. The van der Waals surface area contributed by atoms with Crippen LogP contribution in [0.25, 0.3) is 11.1 Å². The normalized spacial score (nSPS) is 18.9. The predicted molar refractivity (Wildman–Crippen MR) is 177 cm³/mol. The molecule has 1 aromatic heterocycles. The summed E-state index contributed by atoms with van der Waals surface area (Å²) >= 11 is 0. The molecule has 2 aromatic rings. The zero-order valence-electron chi connectivity index (χ0n) is 26.3. The Morgan fingerprint density at radius 3 is 2.64 bits per heavy atom. The third-order valence-electron chi connectivity index (χ3n) is 8.85. The monoisotopic (exact) mass is 563 g/mol. The van der Waals surface area contributed by atoms with Gasteiger partial charge in [0.25, 0.3) is 0 Å². The zero-order chi connectivity index (χ0) is 29.8. The molecule has 2 unspecified atom stereocenters. The Morgan fingerprint density at radius 2 is 1.95 bits per heavy atom. The van der Waals surface area contributed by atoms with Crippen molar-refractivity contribution in [3.8, 4) is 0 Å². The molecule has 42 heavy (non-hydrogen) atoms. The maximum Gasteiger partial charge on any atom is 0.0946 e. The standard InChI is InChI=1S/C37H49N5/c1-8-9-11-27(5)40-37(34-23-38-24-41(34)7)33-22-30-12-10-17-39-36(30)35(31-14-13-26(4)21-32(31)33)29-15-18-42(19-16-29)28(6)20-25(2)3/h10,12-14,17,21-25,36-37,39-40H,5-6,8-9,11,15-16,18-20H2,1-4,7H3. The molecule has 1 aliphatic carbocycles. The third-order valence-corrected chi connectivity index (χ3v) is 8.85. The third kappa shape index (κ3) is 6.35.